The van der Waals surface area contributed by atoms with Crippen molar-refractivity contribution in [3.8, 4) is 0 Å². The standard InChI is InChI=1S/C12H17ClN2/c1-10-2-3-12(13)8-11(10)9-15-6-4-14-5-7-15/h2-3,8,14H,4-7,9H2,1H3. The molecule has 1 fully saturated rings. The maximum Gasteiger partial charge on any atom is 0.0409 e. The van der Waals surface area contributed by atoms with Gasteiger partial charge in [-0.05, 0) is 30.2 Å². The molecule has 82 valence electrons. The molecule has 0 bridgehead atoms. The molecule has 0 aliphatic carbocycles. The lowest BCUT2D eigenvalue weighted by atomic mass is 10.1. The monoisotopic (exact) mass is 224 g/mol. The second-order valence-electron chi connectivity index (χ2n) is 4.10. The first-order chi connectivity index (χ1) is 7.25. The van der Waals surface area contributed by atoms with Gasteiger partial charge in [0.25, 0.3) is 0 Å². The first-order valence-electron chi connectivity index (χ1n) is 5.44. The summed E-state index contributed by atoms with van der Waals surface area (Å²) < 4.78 is 0. The van der Waals surface area contributed by atoms with E-state index in [-0.39, 0.29) is 0 Å². The number of nitrogens with zero attached hydrogens (tertiary/aromatic N) is 1. The van der Waals surface area contributed by atoms with Gasteiger partial charge in [-0.15, -0.1) is 0 Å². The summed E-state index contributed by atoms with van der Waals surface area (Å²) in [5.41, 5.74) is 2.68. The third kappa shape index (κ3) is 2.94. The maximum absolute atomic E-state index is 6.00. The third-order valence-electron chi connectivity index (χ3n) is 2.91. The molecule has 1 aromatic rings. The smallest absolute Gasteiger partial charge is 0.0409 e. The summed E-state index contributed by atoms with van der Waals surface area (Å²) in [7, 11) is 0. The van der Waals surface area contributed by atoms with Gasteiger partial charge in [0, 0.05) is 37.7 Å². The van der Waals surface area contributed by atoms with E-state index in [9.17, 15) is 0 Å². The molecule has 3 heteroatoms. The van der Waals surface area contributed by atoms with Crippen molar-refractivity contribution in [1.29, 1.82) is 0 Å². The minimum absolute atomic E-state index is 0.839. The molecule has 1 aliphatic rings. The average molecular weight is 225 g/mol. The van der Waals surface area contributed by atoms with Crippen LogP contribution in [-0.2, 0) is 6.54 Å². The molecule has 0 aromatic heterocycles. The predicted octanol–water partition coefficient (Wildman–Crippen LogP) is 2.05. The van der Waals surface area contributed by atoms with Crippen LogP contribution in [0.1, 0.15) is 11.1 Å². The molecule has 1 aliphatic heterocycles. The topological polar surface area (TPSA) is 15.3 Å². The van der Waals surface area contributed by atoms with Gasteiger partial charge < -0.3 is 5.32 Å². The van der Waals surface area contributed by atoms with Crippen LogP contribution in [0.15, 0.2) is 18.2 Å². The molecular formula is C12H17ClN2. The Balaban J connectivity index is 2.05. The van der Waals surface area contributed by atoms with Gasteiger partial charge in [0.2, 0.25) is 0 Å². The molecule has 2 nitrogen and oxygen atoms in total. The van der Waals surface area contributed by atoms with E-state index in [1.54, 1.807) is 0 Å². The van der Waals surface area contributed by atoms with Crippen LogP contribution >= 0.6 is 11.6 Å². The van der Waals surface area contributed by atoms with E-state index in [4.69, 9.17) is 11.6 Å². The van der Waals surface area contributed by atoms with E-state index in [1.165, 1.54) is 11.1 Å². The predicted molar refractivity (Wildman–Crippen MR) is 64.3 cm³/mol. The fourth-order valence-corrected chi connectivity index (χ4v) is 2.12. The number of hydrogen-bond acceptors (Lipinski definition) is 2. The van der Waals surface area contributed by atoms with Crippen LogP contribution in [0.25, 0.3) is 0 Å². The minimum Gasteiger partial charge on any atom is -0.314 e. The van der Waals surface area contributed by atoms with E-state index in [0.717, 1.165) is 37.7 Å². The summed E-state index contributed by atoms with van der Waals surface area (Å²) in [4.78, 5) is 2.47. The van der Waals surface area contributed by atoms with E-state index in [1.807, 2.05) is 6.07 Å². The number of benzene rings is 1. The molecule has 0 saturated carbocycles. The van der Waals surface area contributed by atoms with Gasteiger partial charge in [-0.3, -0.25) is 4.90 Å². The summed E-state index contributed by atoms with van der Waals surface area (Å²) in [5, 5.41) is 4.20. The first kappa shape index (κ1) is 10.9. The van der Waals surface area contributed by atoms with Crippen molar-refractivity contribution in [2.75, 3.05) is 26.2 Å². The Morgan fingerprint density at radius 1 is 1.33 bits per heavy atom. The Hall–Kier alpha value is -0.570. The zero-order valence-corrected chi connectivity index (χ0v) is 9.85. The molecule has 1 N–H and O–H groups in total. The van der Waals surface area contributed by atoms with Crippen molar-refractivity contribution in [3.05, 3.63) is 34.3 Å². The van der Waals surface area contributed by atoms with Gasteiger partial charge in [0.05, 0.1) is 0 Å². The van der Waals surface area contributed by atoms with E-state index in [2.05, 4.69) is 29.3 Å². The summed E-state index contributed by atoms with van der Waals surface area (Å²) in [6.07, 6.45) is 0. The largest absolute Gasteiger partial charge is 0.314 e. The Kier molecular flexibility index (Phi) is 3.62. The van der Waals surface area contributed by atoms with Gasteiger partial charge >= 0.3 is 0 Å². The van der Waals surface area contributed by atoms with Gasteiger partial charge in [-0.25, -0.2) is 0 Å². The van der Waals surface area contributed by atoms with Gasteiger partial charge in [-0.2, -0.15) is 0 Å². The lowest BCUT2D eigenvalue weighted by Gasteiger charge is -2.27. The molecule has 1 heterocycles. The van der Waals surface area contributed by atoms with Gasteiger partial charge in [0.1, 0.15) is 0 Å². The number of hydrogen-bond donors (Lipinski definition) is 1. The van der Waals surface area contributed by atoms with Crippen molar-refractivity contribution in [2.45, 2.75) is 13.5 Å². The Morgan fingerprint density at radius 3 is 2.80 bits per heavy atom. The molecule has 0 amide bonds. The fraction of sp³-hybridized carbons (Fsp3) is 0.500. The van der Waals surface area contributed by atoms with Crippen LogP contribution in [0, 0.1) is 6.92 Å². The SMILES string of the molecule is Cc1ccc(Cl)cc1CN1CCNCC1. The second kappa shape index (κ2) is 4.97. The lowest BCUT2D eigenvalue weighted by Crippen LogP contribution is -2.42. The first-order valence-corrected chi connectivity index (χ1v) is 5.81. The zero-order chi connectivity index (χ0) is 10.7. The van der Waals surface area contributed by atoms with Crippen molar-refractivity contribution in [1.82, 2.24) is 10.2 Å². The summed E-state index contributed by atoms with van der Waals surface area (Å²) in [6, 6.07) is 6.14. The van der Waals surface area contributed by atoms with Crippen LogP contribution < -0.4 is 5.32 Å². The molecule has 0 unspecified atom stereocenters. The number of rotatable bonds is 2. The molecule has 15 heavy (non-hydrogen) atoms. The van der Waals surface area contributed by atoms with Gasteiger partial charge in [0.15, 0.2) is 0 Å². The van der Waals surface area contributed by atoms with Gasteiger partial charge in [-0.1, -0.05) is 17.7 Å². The molecular weight excluding hydrogens is 208 g/mol. The summed E-state index contributed by atoms with van der Waals surface area (Å²) >= 11 is 6.00. The molecule has 1 aromatic carbocycles. The summed E-state index contributed by atoms with van der Waals surface area (Å²) in [5.74, 6) is 0. The molecule has 0 radical (unpaired) electrons. The van der Waals surface area contributed by atoms with Crippen molar-refractivity contribution in [3.63, 3.8) is 0 Å². The molecule has 0 spiro atoms. The Bertz CT molecular complexity index is 332. The Morgan fingerprint density at radius 2 is 2.07 bits per heavy atom. The highest BCUT2D eigenvalue weighted by Crippen LogP contribution is 2.17. The molecule has 2 rings (SSSR count). The number of piperazine rings is 1. The van der Waals surface area contributed by atoms with Crippen LogP contribution in [0.4, 0.5) is 0 Å². The quantitative estimate of drug-likeness (QED) is 0.828. The fourth-order valence-electron chi connectivity index (χ4n) is 1.92. The van der Waals surface area contributed by atoms with Crippen LogP contribution in [-0.4, -0.2) is 31.1 Å². The maximum atomic E-state index is 6.00. The normalized spacial score (nSPS) is 18.0. The van der Waals surface area contributed by atoms with Crippen molar-refractivity contribution < 1.29 is 0 Å². The third-order valence-corrected chi connectivity index (χ3v) is 3.15. The van der Waals surface area contributed by atoms with Crippen molar-refractivity contribution >= 4 is 11.6 Å². The Labute approximate surface area is 96.2 Å². The highest BCUT2D eigenvalue weighted by atomic mass is 35.5. The van der Waals surface area contributed by atoms with E-state index in [0.29, 0.717) is 0 Å². The lowest BCUT2D eigenvalue weighted by molar-refractivity contribution is 0.233. The highest BCUT2D eigenvalue weighted by Gasteiger charge is 2.11. The number of halogens is 1. The minimum atomic E-state index is 0.839. The average Bonchev–Trinajstić information content (AvgIpc) is 2.25. The van der Waals surface area contributed by atoms with Crippen LogP contribution in [0.5, 0.6) is 0 Å². The highest BCUT2D eigenvalue weighted by molar-refractivity contribution is 6.30. The van der Waals surface area contributed by atoms with E-state index >= 15 is 0 Å². The van der Waals surface area contributed by atoms with Crippen molar-refractivity contribution in [2.24, 2.45) is 0 Å². The molecule has 1 saturated heterocycles. The number of aryl methyl sites for hydroxylation is 1. The van der Waals surface area contributed by atoms with Crippen LogP contribution in [0.2, 0.25) is 5.02 Å². The molecule has 0 atom stereocenters. The second-order valence-corrected chi connectivity index (χ2v) is 4.53. The van der Waals surface area contributed by atoms with Crippen LogP contribution in [0.3, 0.4) is 0 Å². The zero-order valence-electron chi connectivity index (χ0n) is 9.09. The summed E-state index contributed by atoms with van der Waals surface area (Å²) in [6.45, 7) is 7.62. The number of nitrogens with one attached hydrogen (secondary N) is 1. The van der Waals surface area contributed by atoms with E-state index < -0.39 is 0 Å².